The summed E-state index contributed by atoms with van der Waals surface area (Å²) in [5, 5.41) is 110. The Kier molecular flexibility index (Phi) is 51.2. The third kappa shape index (κ3) is 38.9. The third-order valence-electron chi connectivity index (χ3n) is 19.1. The van der Waals surface area contributed by atoms with E-state index in [9.17, 15) is 74.9 Å². The highest BCUT2D eigenvalue weighted by molar-refractivity contribution is 7.47. The van der Waals surface area contributed by atoms with Gasteiger partial charge in [-0.15, -0.1) is 0 Å². The molecule has 3 aliphatic rings. The fourth-order valence-electron chi connectivity index (χ4n) is 12.8. The molecule has 0 spiro atoms. The van der Waals surface area contributed by atoms with E-state index >= 15 is 0 Å². The molecular formula is C74H135O24P. The van der Waals surface area contributed by atoms with Gasteiger partial charge in [0.15, 0.2) is 18.7 Å². The Morgan fingerprint density at radius 3 is 1.19 bits per heavy atom. The first-order valence-corrected chi connectivity index (χ1v) is 40.2. The minimum Gasteiger partial charge on any atom is -0.463 e. The smallest absolute Gasteiger partial charge is 0.463 e. The van der Waals surface area contributed by atoms with E-state index in [1.165, 1.54) is 167 Å². The molecule has 0 aromatic carbocycles. The number of aliphatic hydroxyl groups excluding tert-OH is 10. The van der Waals surface area contributed by atoms with Crippen molar-refractivity contribution in [3.63, 3.8) is 0 Å². The Labute approximate surface area is 592 Å². The lowest BCUT2D eigenvalue weighted by atomic mass is 9.84. The summed E-state index contributed by atoms with van der Waals surface area (Å²) in [5.41, 5.74) is 0. The van der Waals surface area contributed by atoms with Crippen LogP contribution < -0.4 is 0 Å². The lowest BCUT2D eigenvalue weighted by Crippen LogP contribution is -2.69. The van der Waals surface area contributed by atoms with E-state index in [2.05, 4.69) is 20.8 Å². The van der Waals surface area contributed by atoms with E-state index in [4.69, 9.17) is 42.2 Å². The maximum atomic E-state index is 14.3. The highest BCUT2D eigenvalue weighted by Crippen LogP contribution is 2.49. The number of carbonyl (C=O) groups excluding carboxylic acids is 3. The molecule has 25 heteroatoms. The standard InChI is InChI=1S/C74H135O24P/c1-4-7-10-13-16-19-22-25-27-29-32-35-38-41-44-47-50-60(78)93-55(52-90-58(76)48-45-42-39-36-34-31-28-26-23-20-17-14-11-8-5-2)53-92-99(88,89)98-72-70(96-73-68(86)63(81)61(79)56(51-75)94-73)66(84)65(83)67(85)71(72)97-74-69(87)64(82)62(80)57(95-74)54-91-59(77)49-46-43-40-37-33-30-24-21-18-15-12-9-6-3/h39,42,45,48,55-57,61-75,79-87H,4-38,40-41,43-44,46-47,49-54H2,1-3H3,(H,88,89)/b42-39+,48-45+. The van der Waals surface area contributed by atoms with Gasteiger partial charge in [0.05, 0.1) is 13.2 Å². The van der Waals surface area contributed by atoms with Gasteiger partial charge in [0.25, 0.3) is 0 Å². The average Bonchev–Trinajstić information content (AvgIpc) is 0.762. The molecule has 99 heavy (non-hydrogen) atoms. The van der Waals surface area contributed by atoms with Gasteiger partial charge >= 0.3 is 25.7 Å². The second kappa shape index (κ2) is 55.9. The molecule has 3 rings (SSSR count). The molecule has 3 fully saturated rings. The molecule has 1 saturated carbocycles. The number of phosphoric ester groups is 1. The van der Waals surface area contributed by atoms with Crippen molar-refractivity contribution in [3.05, 3.63) is 24.3 Å². The number of hydrogen-bond acceptors (Lipinski definition) is 23. The first-order chi connectivity index (χ1) is 47.8. The molecule has 0 amide bonds. The van der Waals surface area contributed by atoms with Crippen molar-refractivity contribution in [2.75, 3.05) is 26.4 Å². The van der Waals surface area contributed by atoms with Crippen LogP contribution in [0, 0.1) is 0 Å². The highest BCUT2D eigenvalue weighted by Gasteiger charge is 2.58. The summed E-state index contributed by atoms with van der Waals surface area (Å²) in [5.74, 6) is -2.24. The van der Waals surface area contributed by atoms with Gasteiger partial charge in [0.1, 0.15) is 98.7 Å². The summed E-state index contributed by atoms with van der Waals surface area (Å²) in [4.78, 5) is 50.9. The molecule has 2 heterocycles. The van der Waals surface area contributed by atoms with Gasteiger partial charge in [-0.1, -0.05) is 277 Å². The second-order valence-electron chi connectivity index (χ2n) is 27.8. The summed E-state index contributed by atoms with van der Waals surface area (Å²) in [6, 6.07) is 0. The number of esters is 3. The number of unbranched alkanes of at least 4 members (excludes halogenated alkanes) is 38. The predicted molar refractivity (Wildman–Crippen MR) is 374 cm³/mol. The zero-order valence-corrected chi connectivity index (χ0v) is 61.4. The van der Waals surface area contributed by atoms with Crippen LogP contribution in [-0.2, 0) is 61.2 Å². The van der Waals surface area contributed by atoms with Crippen LogP contribution in [0.3, 0.4) is 0 Å². The number of rotatable bonds is 60. The van der Waals surface area contributed by atoms with Crippen molar-refractivity contribution in [2.45, 2.75) is 401 Å². The van der Waals surface area contributed by atoms with Crippen molar-refractivity contribution >= 4 is 25.7 Å². The van der Waals surface area contributed by atoms with Crippen LogP contribution >= 0.6 is 7.82 Å². The number of ether oxygens (including phenoxy) is 7. The van der Waals surface area contributed by atoms with E-state index in [0.29, 0.717) is 12.8 Å². The zero-order valence-electron chi connectivity index (χ0n) is 60.5. The summed E-state index contributed by atoms with van der Waals surface area (Å²) in [6.07, 6.45) is 17.3. The molecule has 0 bridgehead atoms. The van der Waals surface area contributed by atoms with Crippen LogP contribution in [0.2, 0.25) is 0 Å². The van der Waals surface area contributed by atoms with Crippen molar-refractivity contribution < 1.29 is 117 Å². The lowest BCUT2D eigenvalue weighted by molar-refractivity contribution is -0.360. The van der Waals surface area contributed by atoms with Crippen molar-refractivity contribution in [2.24, 2.45) is 0 Å². The van der Waals surface area contributed by atoms with Crippen LogP contribution in [-0.4, -0.2) is 204 Å². The molecule has 580 valence electrons. The number of aliphatic hydroxyl groups is 10. The van der Waals surface area contributed by atoms with Gasteiger partial charge in [0.2, 0.25) is 0 Å². The SMILES string of the molecule is CCCCCCCCCCCCC/C=C/C=C/C(=O)OCC(COP(=O)(O)OC1C(OC2OC(CO)C(O)C(O)C2O)C(O)C(O)C(O)C1OC1OC(COC(=O)CCCCCCCCCCCCCCC)C(O)C(O)C1O)OC(=O)CCCCCCCCCCCCCCCCCC. The molecule has 1 aliphatic carbocycles. The minimum absolute atomic E-state index is 0.0287. The summed E-state index contributed by atoms with van der Waals surface area (Å²) < 4.78 is 64.9. The maximum absolute atomic E-state index is 14.3. The number of hydrogen-bond donors (Lipinski definition) is 11. The monoisotopic (exact) mass is 1440 g/mol. The van der Waals surface area contributed by atoms with Gasteiger partial charge in [-0.25, -0.2) is 9.36 Å². The van der Waals surface area contributed by atoms with Crippen molar-refractivity contribution in [1.29, 1.82) is 0 Å². The number of phosphoric acid groups is 1. The van der Waals surface area contributed by atoms with E-state index in [1.807, 2.05) is 6.08 Å². The molecule has 2 saturated heterocycles. The van der Waals surface area contributed by atoms with E-state index in [0.717, 1.165) is 96.0 Å². The largest absolute Gasteiger partial charge is 0.472 e. The Morgan fingerprint density at radius 1 is 0.414 bits per heavy atom. The fraction of sp³-hybridized carbons (Fsp3) is 0.905. The van der Waals surface area contributed by atoms with Crippen LogP contribution in [0.1, 0.15) is 297 Å². The highest BCUT2D eigenvalue weighted by atomic mass is 31.2. The van der Waals surface area contributed by atoms with Crippen LogP contribution in [0.25, 0.3) is 0 Å². The molecule has 24 nitrogen and oxygen atoms in total. The number of allylic oxidation sites excluding steroid dienone is 3. The third-order valence-corrected chi connectivity index (χ3v) is 20.1. The molecule has 0 radical (unpaired) electrons. The second-order valence-corrected chi connectivity index (χ2v) is 29.2. The Morgan fingerprint density at radius 2 is 0.778 bits per heavy atom. The summed E-state index contributed by atoms with van der Waals surface area (Å²) in [6.45, 7) is 3.35. The normalized spacial score (nSPS) is 27.6. The Hall–Kier alpha value is -2.56. The van der Waals surface area contributed by atoms with Gasteiger partial charge in [0, 0.05) is 18.9 Å². The molecule has 18 unspecified atom stereocenters. The first-order valence-electron chi connectivity index (χ1n) is 38.7. The summed E-state index contributed by atoms with van der Waals surface area (Å²) in [7, 11) is -5.72. The zero-order chi connectivity index (χ0) is 72.5. The van der Waals surface area contributed by atoms with E-state index in [-0.39, 0.29) is 12.8 Å². The van der Waals surface area contributed by atoms with E-state index in [1.54, 1.807) is 6.08 Å². The van der Waals surface area contributed by atoms with Gasteiger partial charge in [-0.3, -0.25) is 18.6 Å². The Balaban J connectivity index is 1.74. The van der Waals surface area contributed by atoms with Gasteiger partial charge in [-0.05, 0) is 25.7 Å². The molecular weight excluding hydrogens is 1300 g/mol. The lowest BCUT2D eigenvalue weighted by Gasteiger charge is -2.49. The number of carbonyl (C=O) groups is 3. The van der Waals surface area contributed by atoms with Crippen LogP contribution in [0.4, 0.5) is 0 Å². The average molecular weight is 1440 g/mol. The topological polar surface area (TPSA) is 374 Å². The van der Waals surface area contributed by atoms with Crippen LogP contribution in [0.15, 0.2) is 24.3 Å². The van der Waals surface area contributed by atoms with Gasteiger partial charge in [-0.2, -0.15) is 0 Å². The minimum atomic E-state index is -5.72. The fourth-order valence-corrected chi connectivity index (χ4v) is 13.8. The first kappa shape index (κ1) is 90.7. The summed E-state index contributed by atoms with van der Waals surface area (Å²) >= 11 is 0. The molecule has 0 aromatic rings. The van der Waals surface area contributed by atoms with E-state index < -0.39 is 156 Å². The molecule has 18 atom stereocenters. The molecule has 2 aliphatic heterocycles. The maximum Gasteiger partial charge on any atom is 0.472 e. The van der Waals surface area contributed by atoms with Gasteiger partial charge < -0.3 is 89.1 Å². The molecule has 0 aromatic heterocycles. The van der Waals surface area contributed by atoms with Crippen molar-refractivity contribution in [1.82, 2.24) is 0 Å². The Bertz CT molecular complexity index is 2140. The predicted octanol–water partition coefficient (Wildman–Crippen LogP) is 10.9. The molecule has 11 N–H and O–H groups in total. The quantitative estimate of drug-likeness (QED) is 0.00673. The van der Waals surface area contributed by atoms with Crippen molar-refractivity contribution in [3.8, 4) is 0 Å². The van der Waals surface area contributed by atoms with Crippen LogP contribution in [0.5, 0.6) is 0 Å².